The largest absolute Gasteiger partial charge is 0.0616 e. The number of rotatable bonds is 3. The van der Waals surface area contributed by atoms with Crippen molar-refractivity contribution in [3.63, 3.8) is 0 Å². The van der Waals surface area contributed by atoms with Crippen LogP contribution in [0, 0.1) is 0 Å². The molecule has 10 aromatic carbocycles. The van der Waals surface area contributed by atoms with Gasteiger partial charge < -0.3 is 0 Å². The van der Waals surface area contributed by atoms with E-state index in [0.717, 1.165) is 0 Å². The van der Waals surface area contributed by atoms with Crippen molar-refractivity contribution in [1.29, 1.82) is 0 Å². The number of hydrogen-bond donors (Lipinski definition) is 0. The molecule has 0 N–H and O–H groups in total. The zero-order chi connectivity index (χ0) is 35.3. The van der Waals surface area contributed by atoms with Crippen LogP contribution in [0.2, 0.25) is 0 Å². The Hall–Kier alpha value is -6.50. The minimum absolute atomic E-state index is 0.0357. The SMILES string of the molecule is CC1(C)c2ccc(-c3ccc(-c4c5ccccc5c(-c5ccc6ccc7ccccc7c6c5)c5ccccc45)cc3)cc2-c2c1ccc1ccccc21. The molecule has 53 heavy (non-hydrogen) atoms. The molecule has 0 amide bonds. The van der Waals surface area contributed by atoms with Crippen LogP contribution in [-0.2, 0) is 5.41 Å². The van der Waals surface area contributed by atoms with Crippen molar-refractivity contribution in [3.05, 3.63) is 193 Å². The highest BCUT2D eigenvalue weighted by atomic mass is 14.4. The zero-order valence-corrected chi connectivity index (χ0v) is 29.8. The van der Waals surface area contributed by atoms with Gasteiger partial charge in [0, 0.05) is 5.41 Å². The number of benzene rings is 10. The predicted molar refractivity (Wildman–Crippen MR) is 228 cm³/mol. The lowest BCUT2D eigenvalue weighted by Crippen LogP contribution is -2.14. The van der Waals surface area contributed by atoms with Gasteiger partial charge in [-0.25, -0.2) is 0 Å². The Morgan fingerprint density at radius 1 is 0.283 bits per heavy atom. The molecule has 0 saturated heterocycles. The summed E-state index contributed by atoms with van der Waals surface area (Å²) in [4.78, 5) is 0. The first kappa shape index (κ1) is 30.2. The van der Waals surface area contributed by atoms with Gasteiger partial charge in [0.1, 0.15) is 0 Å². The van der Waals surface area contributed by atoms with Gasteiger partial charge in [-0.1, -0.05) is 184 Å². The number of hydrogen-bond acceptors (Lipinski definition) is 0. The molecule has 11 rings (SSSR count). The number of fused-ring (bicyclic) bond motifs is 10. The van der Waals surface area contributed by atoms with Gasteiger partial charge in [-0.15, -0.1) is 0 Å². The van der Waals surface area contributed by atoms with Crippen LogP contribution in [0.25, 0.3) is 98.4 Å². The van der Waals surface area contributed by atoms with Crippen LogP contribution in [-0.4, -0.2) is 0 Å². The molecule has 0 atom stereocenters. The van der Waals surface area contributed by atoms with Crippen LogP contribution in [0.15, 0.2) is 182 Å². The molecule has 248 valence electrons. The fourth-order valence-corrected chi connectivity index (χ4v) is 9.44. The maximum Gasteiger partial charge on any atom is 0.0159 e. The summed E-state index contributed by atoms with van der Waals surface area (Å²) < 4.78 is 0. The molecule has 0 bridgehead atoms. The summed E-state index contributed by atoms with van der Waals surface area (Å²) in [6, 6.07) is 67.9. The van der Waals surface area contributed by atoms with E-state index in [-0.39, 0.29) is 5.41 Å². The van der Waals surface area contributed by atoms with E-state index in [0.29, 0.717) is 0 Å². The summed E-state index contributed by atoms with van der Waals surface area (Å²) in [6.45, 7) is 4.73. The molecular formula is C53H36. The topological polar surface area (TPSA) is 0 Å². The summed E-state index contributed by atoms with van der Waals surface area (Å²) in [7, 11) is 0. The molecule has 0 spiro atoms. The third-order valence-electron chi connectivity index (χ3n) is 12.0. The monoisotopic (exact) mass is 672 g/mol. The Kier molecular flexibility index (Phi) is 6.40. The van der Waals surface area contributed by atoms with Crippen LogP contribution >= 0.6 is 0 Å². The Balaban J connectivity index is 1.07. The predicted octanol–water partition coefficient (Wildman–Crippen LogP) is 14.8. The quantitative estimate of drug-likeness (QED) is 0.129. The van der Waals surface area contributed by atoms with Gasteiger partial charge >= 0.3 is 0 Å². The third kappa shape index (κ3) is 4.42. The average Bonchev–Trinajstić information content (AvgIpc) is 3.45. The molecule has 0 heteroatoms. The van der Waals surface area contributed by atoms with Gasteiger partial charge in [0.25, 0.3) is 0 Å². The van der Waals surface area contributed by atoms with Gasteiger partial charge in [-0.3, -0.25) is 0 Å². The minimum Gasteiger partial charge on any atom is -0.0616 e. The third-order valence-corrected chi connectivity index (χ3v) is 12.0. The van der Waals surface area contributed by atoms with E-state index < -0.39 is 0 Å². The Morgan fingerprint density at radius 3 is 1.38 bits per heavy atom. The maximum absolute atomic E-state index is 2.43. The van der Waals surface area contributed by atoms with Crippen LogP contribution < -0.4 is 0 Å². The molecule has 0 unspecified atom stereocenters. The maximum atomic E-state index is 2.43. The molecule has 1 aliphatic carbocycles. The second-order valence-electron chi connectivity index (χ2n) is 15.2. The van der Waals surface area contributed by atoms with Crippen LogP contribution in [0.3, 0.4) is 0 Å². The molecule has 0 fully saturated rings. The normalized spacial score (nSPS) is 13.2. The van der Waals surface area contributed by atoms with Crippen molar-refractivity contribution in [2.45, 2.75) is 19.3 Å². The van der Waals surface area contributed by atoms with Crippen LogP contribution in [0.1, 0.15) is 25.0 Å². The first-order valence-corrected chi connectivity index (χ1v) is 18.7. The fraction of sp³-hybridized carbons (Fsp3) is 0.0566. The van der Waals surface area contributed by atoms with Crippen molar-refractivity contribution in [3.8, 4) is 44.5 Å². The summed E-state index contributed by atoms with van der Waals surface area (Å²) in [5.41, 5.74) is 13.1. The lowest BCUT2D eigenvalue weighted by molar-refractivity contribution is 0.661. The molecule has 0 saturated carbocycles. The minimum atomic E-state index is -0.0357. The fourth-order valence-electron chi connectivity index (χ4n) is 9.44. The average molecular weight is 673 g/mol. The Morgan fingerprint density at radius 2 is 0.717 bits per heavy atom. The molecule has 10 aromatic rings. The van der Waals surface area contributed by atoms with E-state index in [9.17, 15) is 0 Å². The Bertz CT molecular complexity index is 3060. The van der Waals surface area contributed by atoms with Crippen molar-refractivity contribution >= 4 is 53.9 Å². The molecule has 1 aliphatic rings. The molecule has 0 radical (unpaired) electrons. The molecule has 0 heterocycles. The van der Waals surface area contributed by atoms with Gasteiger partial charge in [-0.05, 0) is 122 Å². The van der Waals surface area contributed by atoms with Crippen LogP contribution in [0.5, 0.6) is 0 Å². The highest BCUT2D eigenvalue weighted by Crippen LogP contribution is 2.52. The van der Waals surface area contributed by atoms with Crippen molar-refractivity contribution < 1.29 is 0 Å². The first-order chi connectivity index (χ1) is 26.0. The van der Waals surface area contributed by atoms with E-state index in [1.165, 1.54) is 109 Å². The summed E-state index contributed by atoms with van der Waals surface area (Å²) in [5.74, 6) is 0. The first-order valence-electron chi connectivity index (χ1n) is 18.7. The highest BCUT2D eigenvalue weighted by Gasteiger charge is 2.36. The molecular weight excluding hydrogens is 637 g/mol. The van der Waals surface area contributed by atoms with E-state index in [1.54, 1.807) is 0 Å². The summed E-state index contributed by atoms with van der Waals surface area (Å²) >= 11 is 0. The second-order valence-corrected chi connectivity index (χ2v) is 15.2. The van der Waals surface area contributed by atoms with E-state index in [1.807, 2.05) is 0 Å². The van der Waals surface area contributed by atoms with Gasteiger partial charge in [0.2, 0.25) is 0 Å². The van der Waals surface area contributed by atoms with Crippen LogP contribution in [0.4, 0.5) is 0 Å². The second kappa shape index (κ2) is 11.2. The standard InChI is InChI=1S/C53H36/c1-53(2)48-29-28-38(31-47(48)52-41-14-6-4-12-35(41)27-30-49(52)53)33-19-24-37(25-20-33)50-42-15-7-9-17-44(42)51(45-18-10-8-16-43(45)50)39-26-23-36-22-21-34-11-3-5-13-40(34)46(36)32-39/h3-32H,1-2H3. The zero-order valence-electron chi connectivity index (χ0n) is 29.8. The lowest BCUT2D eigenvalue weighted by Gasteiger charge is -2.21. The van der Waals surface area contributed by atoms with E-state index >= 15 is 0 Å². The van der Waals surface area contributed by atoms with E-state index in [4.69, 9.17) is 0 Å². The Labute approximate surface area is 309 Å². The lowest BCUT2D eigenvalue weighted by atomic mass is 9.82. The van der Waals surface area contributed by atoms with Gasteiger partial charge in [-0.2, -0.15) is 0 Å². The smallest absolute Gasteiger partial charge is 0.0159 e. The van der Waals surface area contributed by atoms with Gasteiger partial charge in [0.15, 0.2) is 0 Å². The van der Waals surface area contributed by atoms with Crippen molar-refractivity contribution in [2.75, 3.05) is 0 Å². The highest BCUT2D eigenvalue weighted by molar-refractivity contribution is 6.22. The van der Waals surface area contributed by atoms with Crippen molar-refractivity contribution in [1.82, 2.24) is 0 Å². The molecule has 0 aromatic heterocycles. The van der Waals surface area contributed by atoms with Crippen molar-refractivity contribution in [2.24, 2.45) is 0 Å². The molecule has 0 nitrogen and oxygen atoms in total. The summed E-state index contributed by atoms with van der Waals surface area (Å²) in [6.07, 6.45) is 0. The van der Waals surface area contributed by atoms with E-state index in [2.05, 4.69) is 196 Å². The summed E-state index contributed by atoms with van der Waals surface area (Å²) in [5, 5.41) is 12.9. The molecule has 0 aliphatic heterocycles. The van der Waals surface area contributed by atoms with Gasteiger partial charge in [0.05, 0.1) is 0 Å².